The maximum absolute atomic E-state index is 4.43. The first-order valence-electron chi connectivity index (χ1n) is 6.40. The van der Waals surface area contributed by atoms with Crippen molar-refractivity contribution in [1.82, 2.24) is 10.3 Å². The Labute approximate surface area is 102 Å². The molecule has 2 aromatic rings. The fraction of sp³-hybridized carbons (Fsp3) is 0.400. The summed E-state index contributed by atoms with van der Waals surface area (Å²) in [6.45, 7) is 0. The van der Waals surface area contributed by atoms with E-state index in [9.17, 15) is 0 Å². The summed E-state index contributed by atoms with van der Waals surface area (Å²) in [5.41, 5.74) is 2.48. The summed E-state index contributed by atoms with van der Waals surface area (Å²) in [4.78, 5) is 4.43. The summed E-state index contributed by atoms with van der Waals surface area (Å²) in [6.07, 6.45) is 5.95. The minimum Gasteiger partial charge on any atom is -0.313 e. The van der Waals surface area contributed by atoms with Gasteiger partial charge in [0.2, 0.25) is 0 Å². The summed E-state index contributed by atoms with van der Waals surface area (Å²) < 4.78 is 0. The van der Waals surface area contributed by atoms with Crippen molar-refractivity contribution in [1.29, 1.82) is 0 Å². The topological polar surface area (TPSA) is 24.9 Å². The first-order chi connectivity index (χ1) is 8.38. The van der Waals surface area contributed by atoms with E-state index in [4.69, 9.17) is 0 Å². The minimum atomic E-state index is 0.496. The fourth-order valence-corrected chi connectivity index (χ4v) is 2.72. The molecule has 1 fully saturated rings. The molecule has 1 saturated carbocycles. The molecule has 2 nitrogen and oxygen atoms in total. The zero-order valence-corrected chi connectivity index (χ0v) is 10.2. The molecule has 1 aliphatic rings. The quantitative estimate of drug-likeness (QED) is 0.868. The second-order valence-electron chi connectivity index (χ2n) is 4.91. The Morgan fingerprint density at radius 1 is 1.29 bits per heavy atom. The Kier molecular flexibility index (Phi) is 2.81. The SMILES string of the molecule is CNC(c1ccc2cccnc2c1)C1CCC1. The highest BCUT2D eigenvalue weighted by Gasteiger charge is 2.27. The number of benzene rings is 1. The number of rotatable bonds is 3. The molecule has 0 spiro atoms. The summed E-state index contributed by atoms with van der Waals surface area (Å²) >= 11 is 0. The first-order valence-corrected chi connectivity index (χ1v) is 6.40. The maximum Gasteiger partial charge on any atom is 0.0705 e. The van der Waals surface area contributed by atoms with Gasteiger partial charge in [-0.3, -0.25) is 4.98 Å². The molecule has 1 unspecified atom stereocenters. The molecule has 0 amide bonds. The third-order valence-electron chi connectivity index (χ3n) is 3.92. The highest BCUT2D eigenvalue weighted by Crippen LogP contribution is 2.37. The van der Waals surface area contributed by atoms with Gasteiger partial charge in [-0.25, -0.2) is 0 Å². The summed E-state index contributed by atoms with van der Waals surface area (Å²) in [6, 6.07) is 11.3. The van der Waals surface area contributed by atoms with E-state index in [1.807, 2.05) is 12.3 Å². The van der Waals surface area contributed by atoms with Gasteiger partial charge < -0.3 is 5.32 Å². The molecular formula is C15H18N2. The summed E-state index contributed by atoms with van der Waals surface area (Å²) in [7, 11) is 2.06. The van der Waals surface area contributed by atoms with Crippen LogP contribution in [0.25, 0.3) is 10.9 Å². The summed E-state index contributed by atoms with van der Waals surface area (Å²) in [5, 5.41) is 4.68. The monoisotopic (exact) mass is 226 g/mol. The molecule has 88 valence electrons. The van der Waals surface area contributed by atoms with Crippen molar-refractivity contribution >= 4 is 10.9 Å². The van der Waals surface area contributed by atoms with Gasteiger partial charge in [0.1, 0.15) is 0 Å². The van der Waals surface area contributed by atoms with E-state index in [0.717, 1.165) is 11.4 Å². The molecule has 2 heteroatoms. The smallest absolute Gasteiger partial charge is 0.0705 e. The molecule has 1 heterocycles. The molecule has 3 rings (SSSR count). The van der Waals surface area contributed by atoms with Gasteiger partial charge in [0.25, 0.3) is 0 Å². The molecule has 0 bridgehead atoms. The third-order valence-corrected chi connectivity index (χ3v) is 3.92. The van der Waals surface area contributed by atoms with Crippen LogP contribution in [0.5, 0.6) is 0 Å². The van der Waals surface area contributed by atoms with Gasteiger partial charge in [0.15, 0.2) is 0 Å². The second kappa shape index (κ2) is 4.46. The van der Waals surface area contributed by atoms with E-state index in [1.54, 1.807) is 0 Å². The average Bonchev–Trinajstić information content (AvgIpc) is 2.33. The van der Waals surface area contributed by atoms with Crippen molar-refractivity contribution in [2.24, 2.45) is 5.92 Å². The van der Waals surface area contributed by atoms with E-state index < -0.39 is 0 Å². The Hall–Kier alpha value is -1.41. The van der Waals surface area contributed by atoms with Crippen molar-refractivity contribution in [3.05, 3.63) is 42.1 Å². The highest BCUT2D eigenvalue weighted by atomic mass is 14.9. The maximum atomic E-state index is 4.43. The first kappa shape index (κ1) is 10.7. The molecule has 1 aliphatic carbocycles. The molecule has 0 radical (unpaired) electrons. The number of nitrogens with one attached hydrogen (secondary N) is 1. The zero-order chi connectivity index (χ0) is 11.7. The Morgan fingerprint density at radius 2 is 2.18 bits per heavy atom. The van der Waals surface area contributed by atoms with Gasteiger partial charge in [-0.2, -0.15) is 0 Å². The number of hydrogen-bond acceptors (Lipinski definition) is 2. The van der Waals surface area contributed by atoms with Crippen molar-refractivity contribution in [2.75, 3.05) is 7.05 Å². The van der Waals surface area contributed by atoms with E-state index in [0.29, 0.717) is 6.04 Å². The van der Waals surface area contributed by atoms with Crippen molar-refractivity contribution < 1.29 is 0 Å². The molecule has 0 saturated heterocycles. The highest BCUT2D eigenvalue weighted by molar-refractivity contribution is 5.79. The molecule has 0 aliphatic heterocycles. The Balaban J connectivity index is 1.98. The molecular weight excluding hydrogens is 208 g/mol. The lowest BCUT2D eigenvalue weighted by molar-refractivity contribution is 0.239. The average molecular weight is 226 g/mol. The molecule has 1 aromatic carbocycles. The predicted molar refractivity (Wildman–Crippen MR) is 70.9 cm³/mol. The lowest BCUT2D eigenvalue weighted by Crippen LogP contribution is -2.29. The predicted octanol–water partition coefficient (Wildman–Crippen LogP) is 3.30. The Bertz CT molecular complexity index is 517. The van der Waals surface area contributed by atoms with Crippen LogP contribution in [0.15, 0.2) is 36.5 Å². The molecule has 17 heavy (non-hydrogen) atoms. The van der Waals surface area contributed by atoms with Crippen LogP contribution in [0.1, 0.15) is 30.9 Å². The lowest BCUT2D eigenvalue weighted by Gasteiger charge is -2.34. The number of nitrogens with zero attached hydrogens (tertiary/aromatic N) is 1. The molecule has 1 N–H and O–H groups in total. The summed E-state index contributed by atoms with van der Waals surface area (Å²) in [5.74, 6) is 0.807. The van der Waals surface area contributed by atoms with Gasteiger partial charge in [0.05, 0.1) is 5.52 Å². The minimum absolute atomic E-state index is 0.496. The van der Waals surface area contributed by atoms with Crippen LogP contribution in [0, 0.1) is 5.92 Å². The van der Waals surface area contributed by atoms with Crippen molar-refractivity contribution in [3.63, 3.8) is 0 Å². The van der Waals surface area contributed by atoms with Crippen molar-refractivity contribution in [2.45, 2.75) is 25.3 Å². The van der Waals surface area contributed by atoms with E-state index in [1.165, 1.54) is 30.2 Å². The van der Waals surface area contributed by atoms with Crippen LogP contribution < -0.4 is 5.32 Å². The van der Waals surface area contributed by atoms with Crippen LogP contribution in [0.2, 0.25) is 0 Å². The van der Waals surface area contributed by atoms with Crippen LogP contribution in [0.3, 0.4) is 0 Å². The van der Waals surface area contributed by atoms with Gasteiger partial charge in [-0.1, -0.05) is 24.6 Å². The van der Waals surface area contributed by atoms with Crippen molar-refractivity contribution in [3.8, 4) is 0 Å². The fourth-order valence-electron chi connectivity index (χ4n) is 2.72. The number of fused-ring (bicyclic) bond motifs is 1. The second-order valence-corrected chi connectivity index (χ2v) is 4.91. The zero-order valence-electron chi connectivity index (χ0n) is 10.2. The van der Waals surface area contributed by atoms with E-state index in [-0.39, 0.29) is 0 Å². The number of aromatic nitrogens is 1. The molecule has 1 aromatic heterocycles. The van der Waals surface area contributed by atoms with Crippen LogP contribution in [-0.4, -0.2) is 12.0 Å². The van der Waals surface area contributed by atoms with Crippen LogP contribution in [-0.2, 0) is 0 Å². The largest absolute Gasteiger partial charge is 0.313 e. The van der Waals surface area contributed by atoms with E-state index >= 15 is 0 Å². The van der Waals surface area contributed by atoms with Crippen LogP contribution in [0.4, 0.5) is 0 Å². The van der Waals surface area contributed by atoms with Gasteiger partial charge in [-0.15, -0.1) is 0 Å². The lowest BCUT2D eigenvalue weighted by atomic mass is 9.77. The van der Waals surface area contributed by atoms with Gasteiger partial charge in [0, 0.05) is 17.6 Å². The Morgan fingerprint density at radius 3 is 2.88 bits per heavy atom. The van der Waals surface area contributed by atoms with Crippen LogP contribution >= 0.6 is 0 Å². The number of pyridine rings is 1. The van der Waals surface area contributed by atoms with Gasteiger partial charge in [-0.05, 0) is 43.5 Å². The molecule has 1 atom stereocenters. The van der Waals surface area contributed by atoms with Gasteiger partial charge >= 0.3 is 0 Å². The number of hydrogen-bond donors (Lipinski definition) is 1. The standard InChI is InChI=1S/C15H18N2/c1-16-15(12-4-2-5-12)13-8-7-11-6-3-9-17-14(11)10-13/h3,6-10,12,15-16H,2,4-5H2,1H3. The third kappa shape index (κ3) is 1.93. The van der Waals surface area contributed by atoms with E-state index in [2.05, 4.69) is 41.6 Å². The normalized spacial score (nSPS) is 17.9.